The van der Waals surface area contributed by atoms with Gasteiger partial charge in [-0.25, -0.2) is 0 Å². The minimum absolute atomic E-state index is 0.121. The lowest BCUT2D eigenvalue weighted by atomic mass is 9.98. The van der Waals surface area contributed by atoms with Gasteiger partial charge in [-0.3, -0.25) is 9.78 Å². The predicted molar refractivity (Wildman–Crippen MR) is 78.5 cm³/mol. The molecule has 3 rings (SSSR count). The Bertz CT molecular complexity index is 658. The molecule has 1 amide bonds. The van der Waals surface area contributed by atoms with E-state index >= 15 is 0 Å². The summed E-state index contributed by atoms with van der Waals surface area (Å²) >= 11 is 0. The third-order valence-corrected chi connectivity index (χ3v) is 3.67. The molecule has 0 saturated carbocycles. The lowest BCUT2D eigenvalue weighted by Gasteiger charge is -2.32. The van der Waals surface area contributed by atoms with Crippen molar-refractivity contribution in [2.45, 2.75) is 12.5 Å². The Hall–Kier alpha value is -2.40. The summed E-state index contributed by atoms with van der Waals surface area (Å²) in [6.45, 7) is 0.467. The lowest BCUT2D eigenvalue weighted by molar-refractivity contribution is 0.0970. The van der Waals surface area contributed by atoms with E-state index in [1.54, 1.807) is 48.7 Å². The predicted octanol–water partition coefficient (Wildman–Crippen LogP) is 2.17. The second-order valence-electron chi connectivity index (χ2n) is 4.93. The van der Waals surface area contributed by atoms with E-state index in [1.165, 1.54) is 0 Å². The van der Waals surface area contributed by atoms with Gasteiger partial charge in [0.2, 0.25) is 0 Å². The highest BCUT2D eigenvalue weighted by atomic mass is 16.5. The normalized spacial score (nSPS) is 17.2. The molecule has 2 heterocycles. The highest BCUT2D eigenvalue weighted by molar-refractivity contribution is 6.06. The van der Waals surface area contributed by atoms with Gasteiger partial charge in [0.15, 0.2) is 0 Å². The molecule has 108 valence electrons. The number of carbonyl (C=O) groups is 1. The molecule has 21 heavy (non-hydrogen) atoms. The summed E-state index contributed by atoms with van der Waals surface area (Å²) < 4.78 is 5.22. The van der Waals surface area contributed by atoms with E-state index in [0.717, 1.165) is 5.56 Å². The van der Waals surface area contributed by atoms with Crippen LogP contribution in [0.4, 0.5) is 5.69 Å². The third-order valence-electron chi connectivity index (χ3n) is 3.67. The first-order valence-corrected chi connectivity index (χ1v) is 6.78. The second kappa shape index (κ2) is 5.54. The largest absolute Gasteiger partial charge is 0.497 e. The molecule has 1 N–H and O–H groups in total. The van der Waals surface area contributed by atoms with Crippen molar-refractivity contribution in [1.29, 1.82) is 0 Å². The first-order valence-electron chi connectivity index (χ1n) is 6.78. The summed E-state index contributed by atoms with van der Waals surface area (Å²) in [5.41, 5.74) is 1.98. The van der Waals surface area contributed by atoms with Crippen LogP contribution < -0.4 is 9.64 Å². The van der Waals surface area contributed by atoms with Crippen molar-refractivity contribution in [1.82, 2.24) is 4.98 Å². The average Bonchev–Trinajstić information content (AvgIpc) is 2.55. The van der Waals surface area contributed by atoms with Crippen LogP contribution >= 0.6 is 0 Å². The van der Waals surface area contributed by atoms with E-state index in [1.807, 2.05) is 6.07 Å². The van der Waals surface area contributed by atoms with Crippen LogP contribution in [0.5, 0.6) is 5.75 Å². The van der Waals surface area contributed by atoms with Crippen molar-refractivity contribution < 1.29 is 14.6 Å². The number of ether oxygens (including phenoxy) is 1. The molecule has 0 fully saturated rings. The number of rotatable bonds is 2. The summed E-state index contributed by atoms with van der Waals surface area (Å²) in [4.78, 5) is 18.3. The zero-order chi connectivity index (χ0) is 14.8. The van der Waals surface area contributed by atoms with Crippen molar-refractivity contribution in [3.63, 3.8) is 0 Å². The van der Waals surface area contributed by atoms with Gasteiger partial charge >= 0.3 is 0 Å². The summed E-state index contributed by atoms with van der Waals surface area (Å²) in [6.07, 6.45) is 3.15. The number of anilines is 1. The van der Waals surface area contributed by atoms with Crippen LogP contribution in [-0.4, -0.2) is 29.7 Å². The fourth-order valence-electron chi connectivity index (χ4n) is 2.55. The molecule has 5 nitrogen and oxygen atoms in total. The summed E-state index contributed by atoms with van der Waals surface area (Å²) in [5, 5.41) is 10.1. The van der Waals surface area contributed by atoms with E-state index in [-0.39, 0.29) is 5.91 Å². The first-order chi connectivity index (χ1) is 10.2. The maximum absolute atomic E-state index is 12.6. The fourth-order valence-corrected chi connectivity index (χ4v) is 2.55. The van der Waals surface area contributed by atoms with E-state index in [2.05, 4.69) is 4.98 Å². The minimum atomic E-state index is -0.552. The number of pyridine rings is 1. The number of nitrogens with zero attached hydrogens (tertiary/aromatic N) is 2. The topological polar surface area (TPSA) is 62.7 Å². The Morgan fingerprint density at radius 3 is 3.00 bits per heavy atom. The summed E-state index contributed by atoms with van der Waals surface area (Å²) in [5.74, 6) is 0.538. The zero-order valence-electron chi connectivity index (χ0n) is 11.7. The Labute approximate surface area is 122 Å². The first kappa shape index (κ1) is 13.6. The van der Waals surface area contributed by atoms with Gasteiger partial charge in [-0.05, 0) is 24.6 Å². The molecule has 1 aromatic heterocycles. The molecule has 5 heteroatoms. The van der Waals surface area contributed by atoms with Gasteiger partial charge in [-0.1, -0.05) is 6.07 Å². The zero-order valence-corrected chi connectivity index (χ0v) is 11.7. The molecule has 0 spiro atoms. The Morgan fingerprint density at radius 2 is 2.29 bits per heavy atom. The minimum Gasteiger partial charge on any atom is -0.497 e. The monoisotopic (exact) mass is 284 g/mol. The standard InChI is InChI=1S/C16H16N2O3/c1-21-12-4-5-13-14(9-12)18(8-6-15(13)19)16(20)11-3-2-7-17-10-11/h2-5,7,9-10,15,19H,6,8H2,1H3. The second-order valence-corrected chi connectivity index (χ2v) is 4.93. The number of aromatic nitrogens is 1. The van der Waals surface area contributed by atoms with Crippen molar-refractivity contribution in [2.75, 3.05) is 18.6 Å². The molecule has 1 aromatic carbocycles. The Kier molecular flexibility index (Phi) is 3.58. The van der Waals surface area contributed by atoms with Crippen LogP contribution in [0.2, 0.25) is 0 Å². The maximum atomic E-state index is 12.6. The van der Waals surface area contributed by atoms with Gasteiger partial charge < -0.3 is 14.7 Å². The number of aliphatic hydroxyl groups excluding tert-OH is 1. The molecule has 1 aliphatic heterocycles. The summed E-state index contributed by atoms with van der Waals surface area (Å²) in [6, 6.07) is 8.85. The Balaban J connectivity index is 2.02. The van der Waals surface area contributed by atoms with Crippen LogP contribution in [0.15, 0.2) is 42.7 Å². The van der Waals surface area contributed by atoms with Crippen molar-refractivity contribution >= 4 is 11.6 Å². The summed E-state index contributed by atoms with van der Waals surface area (Å²) in [7, 11) is 1.58. The van der Waals surface area contributed by atoms with E-state index in [0.29, 0.717) is 30.0 Å². The number of fused-ring (bicyclic) bond motifs is 1. The molecule has 0 aliphatic carbocycles. The number of hydrogen-bond acceptors (Lipinski definition) is 4. The lowest BCUT2D eigenvalue weighted by Crippen LogP contribution is -2.36. The van der Waals surface area contributed by atoms with E-state index in [4.69, 9.17) is 4.74 Å². The number of benzene rings is 1. The van der Waals surface area contributed by atoms with Crippen LogP contribution in [0, 0.1) is 0 Å². The highest BCUT2D eigenvalue weighted by Gasteiger charge is 2.28. The number of hydrogen-bond donors (Lipinski definition) is 1. The van der Waals surface area contributed by atoms with Crippen LogP contribution in [0.3, 0.4) is 0 Å². The van der Waals surface area contributed by atoms with Gasteiger partial charge in [0, 0.05) is 30.6 Å². The van der Waals surface area contributed by atoms with Gasteiger partial charge in [0.25, 0.3) is 5.91 Å². The van der Waals surface area contributed by atoms with Crippen molar-refractivity contribution in [3.8, 4) is 5.75 Å². The molecular formula is C16H16N2O3. The maximum Gasteiger partial charge on any atom is 0.259 e. The van der Waals surface area contributed by atoms with Gasteiger partial charge in [-0.2, -0.15) is 0 Å². The molecule has 0 saturated heterocycles. The van der Waals surface area contributed by atoms with Gasteiger partial charge in [0.05, 0.1) is 24.5 Å². The van der Waals surface area contributed by atoms with E-state index < -0.39 is 6.10 Å². The Morgan fingerprint density at radius 1 is 1.43 bits per heavy atom. The van der Waals surface area contributed by atoms with Crippen LogP contribution in [0.1, 0.15) is 28.4 Å². The molecule has 1 unspecified atom stereocenters. The smallest absolute Gasteiger partial charge is 0.259 e. The van der Waals surface area contributed by atoms with Crippen LogP contribution in [-0.2, 0) is 0 Å². The highest BCUT2D eigenvalue weighted by Crippen LogP contribution is 2.36. The third kappa shape index (κ3) is 2.48. The van der Waals surface area contributed by atoms with Gasteiger partial charge in [0.1, 0.15) is 5.75 Å². The van der Waals surface area contributed by atoms with E-state index in [9.17, 15) is 9.90 Å². The molecule has 1 aliphatic rings. The van der Waals surface area contributed by atoms with Crippen LogP contribution in [0.25, 0.3) is 0 Å². The number of carbonyl (C=O) groups excluding carboxylic acids is 1. The number of aliphatic hydroxyl groups is 1. The quantitative estimate of drug-likeness (QED) is 0.918. The van der Waals surface area contributed by atoms with Crippen molar-refractivity contribution in [3.05, 3.63) is 53.9 Å². The number of methoxy groups -OCH3 is 1. The molecule has 1 atom stereocenters. The molecule has 0 radical (unpaired) electrons. The molecular weight excluding hydrogens is 268 g/mol. The fraction of sp³-hybridized carbons (Fsp3) is 0.250. The molecule has 0 bridgehead atoms. The number of amides is 1. The SMILES string of the molecule is COc1ccc2c(c1)N(C(=O)c1cccnc1)CCC2O. The van der Waals surface area contributed by atoms with Gasteiger partial charge in [-0.15, -0.1) is 0 Å². The molecule has 2 aromatic rings. The van der Waals surface area contributed by atoms with Crippen molar-refractivity contribution in [2.24, 2.45) is 0 Å². The average molecular weight is 284 g/mol.